The van der Waals surface area contributed by atoms with Crippen molar-refractivity contribution in [3.63, 3.8) is 0 Å². The van der Waals surface area contributed by atoms with E-state index in [4.69, 9.17) is 11.1 Å². The highest BCUT2D eigenvalue weighted by molar-refractivity contribution is 7.99. The molecule has 4 N–H and O–H groups in total. The standard InChI is InChI=1S/C21H21N3O2S2.ClH/c22-21(23)17-11-9-16(10-12-17)13-14-27-19-6-4-5-18(15-19)24-28(25,26)20-7-2-1-3-8-20;/h1-12,15,24H,13-14H2,(H3,22,23);1H. The SMILES string of the molecule is Cl.N=C(N)c1ccc(CCSc2cccc(NS(=O)(=O)c3ccccc3)c2)cc1. The second-order valence-corrected chi connectivity index (χ2v) is 9.01. The van der Waals surface area contributed by atoms with Gasteiger partial charge in [0.1, 0.15) is 5.84 Å². The van der Waals surface area contributed by atoms with E-state index in [1.165, 1.54) is 5.56 Å². The van der Waals surface area contributed by atoms with E-state index in [0.717, 1.165) is 22.6 Å². The number of nitrogen functional groups attached to an aromatic ring is 1. The highest BCUT2D eigenvalue weighted by atomic mass is 35.5. The molecule has 0 bridgehead atoms. The molecule has 0 aromatic heterocycles. The largest absolute Gasteiger partial charge is 0.384 e. The van der Waals surface area contributed by atoms with Crippen molar-refractivity contribution in [3.05, 3.63) is 90.0 Å². The minimum absolute atomic E-state index is 0. The average Bonchev–Trinajstić information content (AvgIpc) is 2.69. The predicted molar refractivity (Wildman–Crippen MR) is 123 cm³/mol. The van der Waals surface area contributed by atoms with Crippen molar-refractivity contribution in [3.8, 4) is 0 Å². The summed E-state index contributed by atoms with van der Waals surface area (Å²) in [5, 5.41) is 7.42. The fourth-order valence-electron chi connectivity index (χ4n) is 2.60. The van der Waals surface area contributed by atoms with Crippen LogP contribution in [0.2, 0.25) is 0 Å². The Bertz CT molecular complexity index is 1060. The first-order valence-corrected chi connectivity index (χ1v) is 11.1. The molecule has 5 nitrogen and oxygen atoms in total. The lowest BCUT2D eigenvalue weighted by Gasteiger charge is -2.09. The quantitative estimate of drug-likeness (QED) is 0.268. The molecule has 3 aromatic carbocycles. The fraction of sp³-hybridized carbons (Fsp3) is 0.0952. The minimum atomic E-state index is -3.59. The summed E-state index contributed by atoms with van der Waals surface area (Å²) >= 11 is 1.66. The number of thioether (sulfide) groups is 1. The smallest absolute Gasteiger partial charge is 0.261 e. The van der Waals surface area contributed by atoms with Gasteiger partial charge in [-0.3, -0.25) is 10.1 Å². The van der Waals surface area contributed by atoms with Crippen molar-refractivity contribution >= 4 is 45.7 Å². The third-order valence-corrected chi connectivity index (χ3v) is 6.46. The number of hydrogen-bond acceptors (Lipinski definition) is 4. The molecule has 0 heterocycles. The summed E-state index contributed by atoms with van der Waals surface area (Å²) in [6, 6.07) is 23.3. The number of nitrogens with two attached hydrogens (primary N) is 1. The molecule has 3 rings (SSSR count). The normalized spacial score (nSPS) is 10.8. The Hall–Kier alpha value is -2.48. The third-order valence-electron chi connectivity index (χ3n) is 4.06. The molecular weight excluding hydrogens is 426 g/mol. The van der Waals surface area contributed by atoms with Crippen LogP contribution in [0, 0.1) is 5.41 Å². The number of amidine groups is 1. The van der Waals surface area contributed by atoms with Gasteiger partial charge in [-0.05, 0) is 42.3 Å². The molecule has 0 aliphatic rings. The summed E-state index contributed by atoms with van der Waals surface area (Å²) in [5.41, 5.74) is 7.89. The molecule has 8 heteroatoms. The molecule has 0 fully saturated rings. The summed E-state index contributed by atoms with van der Waals surface area (Å²) in [4.78, 5) is 1.23. The molecule has 29 heavy (non-hydrogen) atoms. The summed E-state index contributed by atoms with van der Waals surface area (Å²) < 4.78 is 27.5. The molecule has 0 saturated carbocycles. The number of halogens is 1. The fourth-order valence-corrected chi connectivity index (χ4v) is 4.63. The molecule has 0 atom stereocenters. The van der Waals surface area contributed by atoms with Crippen LogP contribution in [-0.4, -0.2) is 20.0 Å². The van der Waals surface area contributed by atoms with Crippen molar-refractivity contribution in [2.24, 2.45) is 5.73 Å². The maximum atomic E-state index is 12.4. The first-order valence-electron chi connectivity index (χ1n) is 8.68. The van der Waals surface area contributed by atoms with Crippen molar-refractivity contribution < 1.29 is 8.42 Å². The molecular formula is C21H22ClN3O2S2. The lowest BCUT2D eigenvalue weighted by atomic mass is 10.1. The van der Waals surface area contributed by atoms with Gasteiger partial charge in [0.05, 0.1) is 4.90 Å². The molecule has 0 aliphatic heterocycles. The van der Waals surface area contributed by atoms with Crippen LogP contribution in [0.3, 0.4) is 0 Å². The van der Waals surface area contributed by atoms with Gasteiger partial charge in [-0.25, -0.2) is 8.42 Å². The number of hydrogen-bond donors (Lipinski definition) is 3. The second kappa shape index (κ2) is 10.3. The Balaban J connectivity index is 0.00000300. The number of benzene rings is 3. The van der Waals surface area contributed by atoms with Gasteiger partial charge in [-0.15, -0.1) is 24.2 Å². The van der Waals surface area contributed by atoms with E-state index in [2.05, 4.69) is 4.72 Å². The van der Waals surface area contributed by atoms with E-state index in [1.54, 1.807) is 48.2 Å². The molecule has 0 aliphatic carbocycles. The van der Waals surface area contributed by atoms with E-state index in [-0.39, 0.29) is 23.1 Å². The van der Waals surface area contributed by atoms with Gasteiger partial charge in [-0.1, -0.05) is 48.5 Å². The first-order chi connectivity index (χ1) is 13.4. The summed E-state index contributed by atoms with van der Waals surface area (Å²) in [5.74, 6) is 0.921. The molecule has 0 saturated heterocycles. The number of anilines is 1. The van der Waals surface area contributed by atoms with Crippen molar-refractivity contribution in [1.29, 1.82) is 5.41 Å². The third kappa shape index (κ3) is 6.52. The Labute approximate surface area is 181 Å². The zero-order valence-electron chi connectivity index (χ0n) is 15.5. The van der Waals surface area contributed by atoms with E-state index in [1.807, 2.05) is 42.5 Å². The molecule has 0 unspecified atom stereocenters. The van der Waals surface area contributed by atoms with Gasteiger partial charge in [0.25, 0.3) is 10.0 Å². The number of sulfonamides is 1. The van der Waals surface area contributed by atoms with Crippen LogP contribution in [0.15, 0.2) is 88.7 Å². The number of aryl methyl sites for hydroxylation is 1. The van der Waals surface area contributed by atoms with Gasteiger partial charge in [0.15, 0.2) is 0 Å². The molecule has 0 amide bonds. The molecule has 3 aromatic rings. The van der Waals surface area contributed by atoms with Crippen LogP contribution in [0.1, 0.15) is 11.1 Å². The molecule has 0 radical (unpaired) electrons. The zero-order chi connectivity index (χ0) is 20.0. The van der Waals surface area contributed by atoms with Crippen LogP contribution in [0.4, 0.5) is 5.69 Å². The predicted octanol–water partition coefficient (Wildman–Crippen LogP) is 4.53. The van der Waals surface area contributed by atoms with E-state index in [9.17, 15) is 8.42 Å². The van der Waals surface area contributed by atoms with Gasteiger partial charge in [0.2, 0.25) is 0 Å². The van der Waals surface area contributed by atoms with Crippen LogP contribution < -0.4 is 10.5 Å². The average molecular weight is 448 g/mol. The Morgan fingerprint density at radius 1 is 0.966 bits per heavy atom. The second-order valence-electron chi connectivity index (χ2n) is 6.16. The lowest BCUT2D eigenvalue weighted by Crippen LogP contribution is -2.12. The number of rotatable bonds is 8. The molecule has 0 spiro atoms. The van der Waals surface area contributed by atoms with Crippen molar-refractivity contribution in [1.82, 2.24) is 0 Å². The maximum absolute atomic E-state index is 12.4. The van der Waals surface area contributed by atoms with Crippen molar-refractivity contribution in [2.45, 2.75) is 16.2 Å². The minimum Gasteiger partial charge on any atom is -0.384 e. The number of nitrogens with one attached hydrogen (secondary N) is 2. The van der Waals surface area contributed by atoms with E-state index >= 15 is 0 Å². The Kier molecular flexibility index (Phi) is 8.13. The monoisotopic (exact) mass is 447 g/mol. The van der Waals surface area contributed by atoms with Crippen LogP contribution in [-0.2, 0) is 16.4 Å². The van der Waals surface area contributed by atoms with Crippen LogP contribution >= 0.6 is 24.2 Å². The maximum Gasteiger partial charge on any atom is 0.261 e. The van der Waals surface area contributed by atoms with Gasteiger partial charge in [0, 0.05) is 21.9 Å². The Morgan fingerprint density at radius 3 is 2.31 bits per heavy atom. The summed E-state index contributed by atoms with van der Waals surface area (Å²) in [6.07, 6.45) is 0.864. The summed E-state index contributed by atoms with van der Waals surface area (Å²) in [6.45, 7) is 0. The van der Waals surface area contributed by atoms with Crippen molar-refractivity contribution in [2.75, 3.05) is 10.5 Å². The van der Waals surface area contributed by atoms with Crippen LogP contribution in [0.25, 0.3) is 0 Å². The highest BCUT2D eigenvalue weighted by Crippen LogP contribution is 2.24. The van der Waals surface area contributed by atoms with E-state index in [0.29, 0.717) is 5.69 Å². The van der Waals surface area contributed by atoms with Gasteiger partial charge in [-0.2, -0.15) is 0 Å². The molecule has 152 valence electrons. The van der Waals surface area contributed by atoms with Gasteiger partial charge < -0.3 is 5.73 Å². The van der Waals surface area contributed by atoms with E-state index < -0.39 is 10.0 Å². The first kappa shape index (κ1) is 22.8. The summed E-state index contributed by atoms with van der Waals surface area (Å²) in [7, 11) is -3.59. The zero-order valence-corrected chi connectivity index (χ0v) is 18.0. The topological polar surface area (TPSA) is 96.0 Å². The Morgan fingerprint density at radius 2 is 1.66 bits per heavy atom. The van der Waals surface area contributed by atoms with Gasteiger partial charge >= 0.3 is 0 Å². The lowest BCUT2D eigenvalue weighted by molar-refractivity contribution is 0.601. The van der Waals surface area contributed by atoms with Crippen LogP contribution in [0.5, 0.6) is 0 Å². The highest BCUT2D eigenvalue weighted by Gasteiger charge is 2.13.